The van der Waals surface area contributed by atoms with Gasteiger partial charge in [-0.05, 0) is 42.5 Å². The van der Waals surface area contributed by atoms with Gasteiger partial charge in [0.25, 0.3) is 0 Å². The summed E-state index contributed by atoms with van der Waals surface area (Å²) in [6.07, 6.45) is 3.47. The molecule has 0 radical (unpaired) electrons. The Bertz CT molecular complexity index is 775. The van der Waals surface area contributed by atoms with E-state index in [0.29, 0.717) is 5.56 Å². The van der Waals surface area contributed by atoms with E-state index < -0.39 is 0 Å². The zero-order valence-electron chi connectivity index (χ0n) is 11.0. The zero-order valence-corrected chi connectivity index (χ0v) is 11.8. The first-order valence-electron chi connectivity index (χ1n) is 6.36. The minimum Gasteiger partial charge on any atom is -0.237 e. The number of nitrogens with zero attached hydrogens (tertiary/aromatic N) is 1. The van der Waals surface area contributed by atoms with Gasteiger partial charge in [0.05, 0.1) is 5.69 Å². The first kappa shape index (κ1) is 13.6. The zero-order chi connectivity index (χ0) is 14.7. The first-order chi connectivity index (χ1) is 10.2. The summed E-state index contributed by atoms with van der Waals surface area (Å²) in [5.41, 5.74) is 2.17. The lowest BCUT2D eigenvalue weighted by atomic mass is 10.2. The van der Waals surface area contributed by atoms with Gasteiger partial charge in [-0.3, -0.25) is 0 Å². The summed E-state index contributed by atoms with van der Waals surface area (Å²) in [4.78, 5) is 4.44. The molecule has 0 bridgehead atoms. The quantitative estimate of drug-likeness (QED) is 0.643. The van der Waals surface area contributed by atoms with Gasteiger partial charge in [-0.15, -0.1) is 11.3 Å². The number of hydrogen-bond donors (Lipinski definition) is 0. The van der Waals surface area contributed by atoms with Gasteiger partial charge in [-0.1, -0.05) is 18.2 Å². The van der Waals surface area contributed by atoms with Crippen molar-refractivity contribution in [3.8, 4) is 11.3 Å². The second kappa shape index (κ2) is 5.97. The molecule has 0 spiro atoms. The molecule has 21 heavy (non-hydrogen) atoms. The molecular formula is C17H11F2NS. The van der Waals surface area contributed by atoms with E-state index >= 15 is 0 Å². The molecule has 3 aromatic rings. The van der Waals surface area contributed by atoms with Crippen LogP contribution < -0.4 is 0 Å². The Balaban J connectivity index is 1.82. The second-order valence-electron chi connectivity index (χ2n) is 4.43. The van der Waals surface area contributed by atoms with Gasteiger partial charge in [0, 0.05) is 16.5 Å². The summed E-state index contributed by atoms with van der Waals surface area (Å²) in [6.45, 7) is 0. The van der Waals surface area contributed by atoms with Crippen LogP contribution in [0.3, 0.4) is 0 Å². The van der Waals surface area contributed by atoms with Crippen LogP contribution in [0.5, 0.6) is 0 Å². The minimum absolute atomic E-state index is 0.260. The number of rotatable bonds is 3. The number of hydrogen-bond acceptors (Lipinski definition) is 2. The largest absolute Gasteiger partial charge is 0.237 e. The van der Waals surface area contributed by atoms with E-state index in [9.17, 15) is 8.78 Å². The second-order valence-corrected chi connectivity index (χ2v) is 5.32. The molecule has 104 valence electrons. The highest BCUT2D eigenvalue weighted by atomic mass is 32.1. The van der Waals surface area contributed by atoms with Crippen molar-refractivity contribution in [2.75, 3.05) is 0 Å². The fourth-order valence-corrected chi connectivity index (χ4v) is 2.61. The Morgan fingerprint density at radius 1 is 0.905 bits per heavy atom. The summed E-state index contributed by atoms with van der Waals surface area (Å²) < 4.78 is 26.4. The smallest absolute Gasteiger partial charge is 0.130 e. The van der Waals surface area contributed by atoms with Crippen molar-refractivity contribution in [3.63, 3.8) is 0 Å². The standard InChI is InChI=1S/C17H11F2NS/c18-14-8-5-13(6-9-14)16-11-21-17(20-16)10-7-12-3-1-2-4-15(12)19/h1-11H. The van der Waals surface area contributed by atoms with Crippen LogP contribution in [0.1, 0.15) is 10.6 Å². The van der Waals surface area contributed by atoms with Crippen LogP contribution >= 0.6 is 11.3 Å². The molecule has 4 heteroatoms. The van der Waals surface area contributed by atoms with Crippen molar-refractivity contribution in [3.05, 3.63) is 76.1 Å². The molecule has 0 saturated carbocycles. The van der Waals surface area contributed by atoms with Gasteiger partial charge < -0.3 is 0 Å². The summed E-state index contributed by atoms with van der Waals surface area (Å²) in [5, 5.41) is 2.67. The lowest BCUT2D eigenvalue weighted by Crippen LogP contribution is -1.80. The Morgan fingerprint density at radius 3 is 2.43 bits per heavy atom. The highest BCUT2D eigenvalue weighted by Crippen LogP contribution is 2.23. The number of halogens is 2. The van der Waals surface area contributed by atoms with Crippen LogP contribution in [0.2, 0.25) is 0 Å². The summed E-state index contributed by atoms with van der Waals surface area (Å²) in [7, 11) is 0. The topological polar surface area (TPSA) is 12.9 Å². The van der Waals surface area contributed by atoms with Gasteiger partial charge in [-0.2, -0.15) is 0 Å². The molecule has 0 fully saturated rings. The van der Waals surface area contributed by atoms with Crippen LogP contribution in [0.4, 0.5) is 8.78 Å². The molecule has 0 amide bonds. The Kier molecular flexibility index (Phi) is 3.88. The van der Waals surface area contributed by atoms with E-state index in [0.717, 1.165) is 16.3 Å². The lowest BCUT2D eigenvalue weighted by Gasteiger charge is -1.95. The summed E-state index contributed by atoms with van der Waals surface area (Å²) in [5.74, 6) is -0.530. The van der Waals surface area contributed by atoms with Crippen molar-refractivity contribution >= 4 is 23.5 Å². The maximum absolute atomic E-state index is 13.5. The number of benzene rings is 2. The fourth-order valence-electron chi connectivity index (χ4n) is 1.89. The average Bonchev–Trinajstić information content (AvgIpc) is 2.96. The van der Waals surface area contributed by atoms with Crippen LogP contribution in [-0.2, 0) is 0 Å². The lowest BCUT2D eigenvalue weighted by molar-refractivity contribution is 0.625. The van der Waals surface area contributed by atoms with Crippen molar-refractivity contribution in [2.24, 2.45) is 0 Å². The average molecular weight is 299 g/mol. The molecule has 1 aromatic heterocycles. The van der Waals surface area contributed by atoms with Crippen LogP contribution in [0, 0.1) is 11.6 Å². The van der Waals surface area contributed by atoms with Crippen molar-refractivity contribution in [2.45, 2.75) is 0 Å². The SMILES string of the molecule is Fc1ccc(-c2csc(C=Cc3ccccc3F)n2)cc1. The van der Waals surface area contributed by atoms with E-state index in [2.05, 4.69) is 4.98 Å². The third kappa shape index (κ3) is 3.23. The molecular weight excluding hydrogens is 288 g/mol. The normalized spacial score (nSPS) is 11.1. The van der Waals surface area contributed by atoms with Crippen molar-refractivity contribution < 1.29 is 8.78 Å². The third-order valence-corrected chi connectivity index (χ3v) is 3.78. The fraction of sp³-hybridized carbons (Fsp3) is 0. The molecule has 0 aliphatic rings. The van der Waals surface area contributed by atoms with Gasteiger partial charge in [0.1, 0.15) is 16.6 Å². The number of aromatic nitrogens is 1. The van der Waals surface area contributed by atoms with Gasteiger partial charge in [-0.25, -0.2) is 13.8 Å². The van der Waals surface area contributed by atoms with Crippen LogP contribution in [-0.4, -0.2) is 4.98 Å². The summed E-state index contributed by atoms with van der Waals surface area (Å²) in [6, 6.07) is 12.8. The Hall–Kier alpha value is -2.33. The molecule has 0 saturated heterocycles. The van der Waals surface area contributed by atoms with Crippen LogP contribution in [0.15, 0.2) is 53.9 Å². The molecule has 0 unspecified atom stereocenters. The van der Waals surface area contributed by atoms with Crippen molar-refractivity contribution in [1.29, 1.82) is 0 Å². The third-order valence-electron chi connectivity index (χ3n) is 2.97. The highest BCUT2D eigenvalue weighted by Gasteiger charge is 2.03. The molecule has 0 atom stereocenters. The van der Waals surface area contributed by atoms with Crippen molar-refractivity contribution in [1.82, 2.24) is 4.98 Å². The first-order valence-corrected chi connectivity index (χ1v) is 7.24. The van der Waals surface area contributed by atoms with E-state index in [1.54, 1.807) is 42.5 Å². The monoisotopic (exact) mass is 299 g/mol. The molecule has 3 rings (SSSR count). The van der Waals surface area contributed by atoms with Crippen LogP contribution in [0.25, 0.3) is 23.4 Å². The predicted molar refractivity (Wildman–Crippen MR) is 82.8 cm³/mol. The van der Waals surface area contributed by atoms with E-state index in [1.807, 2.05) is 5.38 Å². The molecule has 0 aliphatic carbocycles. The van der Waals surface area contributed by atoms with E-state index in [1.165, 1.54) is 29.5 Å². The Labute approximate surface area is 125 Å². The maximum atomic E-state index is 13.5. The molecule has 1 nitrogen and oxygen atoms in total. The number of thiazole rings is 1. The predicted octanol–water partition coefficient (Wildman–Crippen LogP) is 5.26. The van der Waals surface area contributed by atoms with E-state index in [-0.39, 0.29) is 11.6 Å². The summed E-state index contributed by atoms with van der Waals surface area (Å²) >= 11 is 1.46. The maximum Gasteiger partial charge on any atom is 0.130 e. The molecule has 0 aliphatic heterocycles. The highest BCUT2D eigenvalue weighted by molar-refractivity contribution is 7.10. The molecule has 2 aromatic carbocycles. The van der Waals surface area contributed by atoms with E-state index in [4.69, 9.17) is 0 Å². The molecule has 1 heterocycles. The van der Waals surface area contributed by atoms with Gasteiger partial charge in [0.15, 0.2) is 0 Å². The molecule has 0 N–H and O–H groups in total. The van der Waals surface area contributed by atoms with Gasteiger partial charge in [0.2, 0.25) is 0 Å². The Morgan fingerprint density at radius 2 is 1.67 bits per heavy atom. The minimum atomic E-state index is -0.270. The van der Waals surface area contributed by atoms with Gasteiger partial charge >= 0.3 is 0 Å².